The molecule has 7 N–H and O–H groups in total. The highest BCUT2D eigenvalue weighted by atomic mass is 31.2. The van der Waals surface area contributed by atoms with Crippen LogP contribution in [0.4, 0.5) is 5.95 Å². The average molecular weight is 343 g/mol. The van der Waals surface area contributed by atoms with Gasteiger partial charge in [0, 0.05) is 5.56 Å². The Bertz CT molecular complexity index is 666. The molecule has 0 aliphatic rings. The molecule has 1 aromatic carbocycles. The predicted octanol–water partition coefficient (Wildman–Crippen LogP) is 0.813. The fraction of sp³-hybridized carbons (Fsp3) is 0.250. The van der Waals surface area contributed by atoms with Crippen LogP contribution in [0.2, 0.25) is 0 Å². The Hall–Kier alpha value is -2.10. The average Bonchev–Trinajstić information content (AvgIpc) is 2.46. The molecule has 126 valence electrons. The lowest BCUT2D eigenvalue weighted by atomic mass is 10.2. The molecule has 11 heteroatoms. The number of anilines is 1. The first-order chi connectivity index (χ1) is 10.4. The van der Waals surface area contributed by atoms with E-state index in [4.69, 9.17) is 25.0 Å². The summed E-state index contributed by atoms with van der Waals surface area (Å²) in [5.74, 6) is 0.388. The standard InChI is InChI=1S/C12H15N4O5P.H3N/c13-11-14-10(9-4-2-1-3-5-9)15-12(16-11)21-7-6-20-8-22(17,18)19;/h1-5H,6-8H2,(H2,17,18,19)(H2,13,14,15,16);1H3. The zero-order chi connectivity index (χ0) is 16.0. The first-order valence-electron chi connectivity index (χ1n) is 6.26. The molecule has 0 unspecified atom stereocenters. The molecule has 23 heavy (non-hydrogen) atoms. The minimum absolute atomic E-state index is 0. The van der Waals surface area contributed by atoms with Crippen molar-refractivity contribution in [2.75, 3.05) is 25.3 Å². The van der Waals surface area contributed by atoms with Gasteiger partial charge in [0.2, 0.25) is 5.95 Å². The molecular formula is C12H18N5O5P. The maximum Gasteiger partial charge on any atom is 0.350 e. The fourth-order valence-electron chi connectivity index (χ4n) is 1.53. The van der Waals surface area contributed by atoms with Gasteiger partial charge in [0.15, 0.2) is 5.82 Å². The fourth-order valence-corrected chi connectivity index (χ4v) is 1.90. The van der Waals surface area contributed by atoms with E-state index in [2.05, 4.69) is 15.0 Å². The van der Waals surface area contributed by atoms with Crippen molar-refractivity contribution >= 4 is 13.5 Å². The highest BCUT2D eigenvalue weighted by Crippen LogP contribution is 2.33. The number of nitrogens with two attached hydrogens (primary N) is 1. The second-order valence-electron chi connectivity index (χ2n) is 4.22. The number of rotatable bonds is 7. The Labute approximate surface area is 132 Å². The number of hydrogen-bond acceptors (Lipinski definition) is 8. The quantitative estimate of drug-likeness (QED) is 0.415. The molecule has 0 radical (unpaired) electrons. The molecule has 1 heterocycles. The lowest BCUT2D eigenvalue weighted by Crippen LogP contribution is -2.11. The number of benzene rings is 1. The van der Waals surface area contributed by atoms with E-state index in [1.165, 1.54) is 0 Å². The van der Waals surface area contributed by atoms with Crippen LogP contribution in [-0.2, 0) is 9.30 Å². The van der Waals surface area contributed by atoms with Crippen LogP contribution in [0.5, 0.6) is 6.01 Å². The zero-order valence-electron chi connectivity index (χ0n) is 12.2. The van der Waals surface area contributed by atoms with Gasteiger partial charge >= 0.3 is 13.6 Å². The van der Waals surface area contributed by atoms with Crippen LogP contribution in [0.1, 0.15) is 0 Å². The monoisotopic (exact) mass is 343 g/mol. The highest BCUT2D eigenvalue weighted by molar-refractivity contribution is 7.51. The summed E-state index contributed by atoms with van der Waals surface area (Å²) < 4.78 is 20.6. The van der Waals surface area contributed by atoms with Crippen molar-refractivity contribution in [3.05, 3.63) is 30.3 Å². The number of aromatic nitrogens is 3. The Morgan fingerprint density at radius 2 is 1.78 bits per heavy atom. The van der Waals surface area contributed by atoms with Gasteiger partial charge in [-0.2, -0.15) is 15.0 Å². The van der Waals surface area contributed by atoms with Crippen molar-refractivity contribution < 1.29 is 23.8 Å². The van der Waals surface area contributed by atoms with Crippen LogP contribution in [0.25, 0.3) is 11.4 Å². The number of ether oxygens (including phenoxy) is 2. The zero-order valence-corrected chi connectivity index (χ0v) is 13.1. The summed E-state index contributed by atoms with van der Waals surface area (Å²) in [6.07, 6.45) is -0.662. The number of nitrogen functional groups attached to an aromatic ring is 1. The first-order valence-corrected chi connectivity index (χ1v) is 8.06. The molecule has 0 atom stereocenters. The lowest BCUT2D eigenvalue weighted by molar-refractivity contribution is 0.115. The SMILES string of the molecule is N.Nc1nc(OCCOCP(=O)(O)O)nc(-c2ccccc2)n1. The molecule has 0 spiro atoms. The van der Waals surface area contributed by atoms with Crippen molar-refractivity contribution in [3.8, 4) is 17.4 Å². The molecule has 0 aliphatic carbocycles. The minimum Gasteiger partial charge on any atom is -0.461 e. The predicted molar refractivity (Wildman–Crippen MR) is 83.1 cm³/mol. The van der Waals surface area contributed by atoms with Gasteiger partial charge in [0.05, 0.1) is 6.61 Å². The van der Waals surface area contributed by atoms with E-state index in [1.54, 1.807) is 0 Å². The molecule has 1 aromatic heterocycles. The first kappa shape index (κ1) is 18.9. The van der Waals surface area contributed by atoms with Crippen molar-refractivity contribution in [2.45, 2.75) is 0 Å². The van der Waals surface area contributed by atoms with Crippen molar-refractivity contribution in [3.63, 3.8) is 0 Å². The normalized spacial score (nSPS) is 10.9. The van der Waals surface area contributed by atoms with Gasteiger partial charge in [0.1, 0.15) is 13.0 Å². The van der Waals surface area contributed by atoms with E-state index < -0.39 is 13.9 Å². The molecule has 2 rings (SSSR count). The van der Waals surface area contributed by atoms with Crippen LogP contribution < -0.4 is 16.6 Å². The largest absolute Gasteiger partial charge is 0.461 e. The van der Waals surface area contributed by atoms with Crippen LogP contribution >= 0.6 is 7.60 Å². The Morgan fingerprint density at radius 1 is 1.09 bits per heavy atom. The molecule has 10 nitrogen and oxygen atoms in total. The third-order valence-electron chi connectivity index (χ3n) is 2.38. The molecule has 0 bridgehead atoms. The highest BCUT2D eigenvalue weighted by Gasteiger charge is 2.12. The Morgan fingerprint density at radius 3 is 2.43 bits per heavy atom. The van der Waals surface area contributed by atoms with E-state index in [0.29, 0.717) is 5.82 Å². The summed E-state index contributed by atoms with van der Waals surface area (Å²) in [6, 6.07) is 9.20. The summed E-state index contributed by atoms with van der Waals surface area (Å²) in [4.78, 5) is 29.2. The van der Waals surface area contributed by atoms with E-state index in [-0.39, 0.29) is 31.3 Å². The van der Waals surface area contributed by atoms with E-state index in [1.807, 2.05) is 30.3 Å². The van der Waals surface area contributed by atoms with Crippen LogP contribution in [0.3, 0.4) is 0 Å². The smallest absolute Gasteiger partial charge is 0.350 e. The third kappa shape index (κ3) is 6.68. The van der Waals surface area contributed by atoms with Gasteiger partial charge < -0.3 is 31.1 Å². The van der Waals surface area contributed by atoms with Crippen LogP contribution in [-0.4, -0.2) is 44.3 Å². The minimum atomic E-state index is -4.17. The van der Waals surface area contributed by atoms with Gasteiger partial charge in [-0.1, -0.05) is 30.3 Å². The molecule has 0 fully saturated rings. The maximum atomic E-state index is 10.6. The van der Waals surface area contributed by atoms with Gasteiger partial charge in [-0.15, -0.1) is 0 Å². The summed E-state index contributed by atoms with van der Waals surface area (Å²) in [5, 5.41) is 0. The molecule has 0 aliphatic heterocycles. The van der Waals surface area contributed by atoms with E-state index in [9.17, 15) is 4.57 Å². The summed E-state index contributed by atoms with van der Waals surface area (Å²) in [7, 11) is -4.17. The van der Waals surface area contributed by atoms with E-state index >= 15 is 0 Å². The summed E-state index contributed by atoms with van der Waals surface area (Å²) in [6.45, 7) is 0.00898. The molecule has 0 saturated carbocycles. The van der Waals surface area contributed by atoms with Crippen molar-refractivity contribution in [2.24, 2.45) is 0 Å². The second kappa shape index (κ2) is 8.51. The molecule has 0 amide bonds. The third-order valence-corrected chi connectivity index (χ3v) is 2.90. The maximum absolute atomic E-state index is 10.6. The topological polar surface area (TPSA) is 176 Å². The number of hydrogen-bond donors (Lipinski definition) is 4. The van der Waals surface area contributed by atoms with Crippen molar-refractivity contribution in [1.29, 1.82) is 0 Å². The number of nitrogens with zero attached hydrogens (tertiary/aromatic N) is 3. The Balaban J connectivity index is 0.00000264. The van der Waals surface area contributed by atoms with Crippen molar-refractivity contribution in [1.82, 2.24) is 21.1 Å². The second-order valence-corrected chi connectivity index (χ2v) is 5.80. The molecule has 0 saturated heterocycles. The van der Waals surface area contributed by atoms with Crippen LogP contribution in [0.15, 0.2) is 30.3 Å². The summed E-state index contributed by atoms with van der Waals surface area (Å²) in [5.41, 5.74) is 6.37. The van der Waals surface area contributed by atoms with Crippen LogP contribution in [0, 0.1) is 0 Å². The van der Waals surface area contributed by atoms with Gasteiger partial charge in [0.25, 0.3) is 0 Å². The van der Waals surface area contributed by atoms with Gasteiger partial charge in [-0.05, 0) is 0 Å². The Kier molecular flexibility index (Phi) is 7.01. The lowest BCUT2D eigenvalue weighted by Gasteiger charge is -2.08. The molecule has 2 aromatic rings. The van der Waals surface area contributed by atoms with Gasteiger partial charge in [-0.25, -0.2) is 0 Å². The van der Waals surface area contributed by atoms with Gasteiger partial charge in [-0.3, -0.25) is 4.57 Å². The molecular weight excluding hydrogens is 325 g/mol. The van der Waals surface area contributed by atoms with E-state index in [0.717, 1.165) is 5.56 Å². The summed E-state index contributed by atoms with van der Waals surface area (Å²) >= 11 is 0.